The number of hydrogen-bond acceptors (Lipinski definition) is 5. The van der Waals surface area contributed by atoms with Crippen LogP contribution in [0.2, 0.25) is 0 Å². The van der Waals surface area contributed by atoms with Crippen LogP contribution >= 0.6 is 0 Å². The fourth-order valence-electron chi connectivity index (χ4n) is 3.56. The zero-order valence-corrected chi connectivity index (χ0v) is 13.1. The summed E-state index contributed by atoms with van der Waals surface area (Å²) in [6.07, 6.45) is 5.43. The van der Waals surface area contributed by atoms with E-state index in [0.29, 0.717) is 12.6 Å². The number of benzene rings is 1. The molecule has 0 amide bonds. The van der Waals surface area contributed by atoms with Gasteiger partial charge in [0.2, 0.25) is 0 Å². The molecular weight excluding hydrogens is 290 g/mol. The predicted octanol–water partition coefficient (Wildman–Crippen LogP) is 2.29. The molecule has 0 aliphatic carbocycles. The maximum atomic E-state index is 6.13. The molecule has 2 fully saturated rings. The smallest absolute Gasteiger partial charge is 0.316 e. The zero-order valence-electron chi connectivity index (χ0n) is 13.1. The van der Waals surface area contributed by atoms with Gasteiger partial charge in [-0.3, -0.25) is 4.90 Å². The average molecular weight is 311 g/mol. The highest BCUT2D eigenvalue weighted by atomic mass is 16.6. The Bertz CT molecular complexity index is 578. The molecule has 0 saturated carbocycles. The lowest BCUT2D eigenvalue weighted by Gasteiger charge is -2.23. The Balaban J connectivity index is 1.34. The summed E-state index contributed by atoms with van der Waals surface area (Å²) in [7, 11) is 0. The summed E-state index contributed by atoms with van der Waals surface area (Å²) in [6.45, 7) is 3.65. The summed E-state index contributed by atoms with van der Waals surface area (Å²) >= 11 is 0. The molecule has 2 aliphatic rings. The Hall–Kier alpha value is -1.98. The summed E-state index contributed by atoms with van der Waals surface area (Å²) in [5, 5.41) is 0. The lowest BCUT2D eigenvalue weighted by Crippen LogP contribution is -2.33. The molecule has 120 valence electrons. The van der Waals surface area contributed by atoms with Crippen LogP contribution in [0.15, 0.2) is 48.8 Å². The third-order valence-corrected chi connectivity index (χ3v) is 4.63. The molecule has 2 aromatic rings. The van der Waals surface area contributed by atoms with Gasteiger partial charge in [0.15, 0.2) is 0 Å². The molecule has 2 saturated heterocycles. The van der Waals surface area contributed by atoms with Crippen molar-refractivity contribution in [1.29, 1.82) is 0 Å². The standard InChI is InChI=1S/C18H21N3O2/c1-2-5-15(6-3-1)12-21-10-7-18(14-21)11-16(13-22-18)23-17-19-8-4-9-20-17/h1-6,8-9,16H,7,10-14H2. The molecular formula is C18H21N3O2. The molecule has 2 unspecified atom stereocenters. The van der Waals surface area contributed by atoms with Crippen molar-refractivity contribution in [2.45, 2.75) is 31.1 Å². The molecule has 0 radical (unpaired) electrons. The van der Waals surface area contributed by atoms with E-state index in [2.05, 4.69) is 45.2 Å². The van der Waals surface area contributed by atoms with Gasteiger partial charge in [0.1, 0.15) is 6.10 Å². The van der Waals surface area contributed by atoms with Gasteiger partial charge >= 0.3 is 6.01 Å². The van der Waals surface area contributed by atoms with Crippen molar-refractivity contribution < 1.29 is 9.47 Å². The van der Waals surface area contributed by atoms with Crippen LogP contribution in [0.5, 0.6) is 6.01 Å². The maximum absolute atomic E-state index is 6.13. The summed E-state index contributed by atoms with van der Waals surface area (Å²) in [5.41, 5.74) is 1.29. The lowest BCUT2D eigenvalue weighted by molar-refractivity contribution is 0.00911. The van der Waals surface area contributed by atoms with E-state index in [-0.39, 0.29) is 11.7 Å². The topological polar surface area (TPSA) is 47.5 Å². The Morgan fingerprint density at radius 1 is 1.17 bits per heavy atom. The van der Waals surface area contributed by atoms with Crippen LogP contribution in [0.4, 0.5) is 0 Å². The molecule has 1 aromatic carbocycles. The Kier molecular flexibility index (Phi) is 3.97. The van der Waals surface area contributed by atoms with Gasteiger partial charge in [-0.1, -0.05) is 30.3 Å². The first kappa shape index (κ1) is 14.6. The third-order valence-electron chi connectivity index (χ3n) is 4.63. The molecule has 5 heteroatoms. The number of ether oxygens (including phenoxy) is 2. The van der Waals surface area contributed by atoms with E-state index in [9.17, 15) is 0 Å². The van der Waals surface area contributed by atoms with Crippen molar-refractivity contribution in [1.82, 2.24) is 14.9 Å². The third kappa shape index (κ3) is 3.35. The molecule has 5 nitrogen and oxygen atoms in total. The summed E-state index contributed by atoms with van der Waals surface area (Å²) in [6, 6.07) is 12.8. The highest BCUT2D eigenvalue weighted by Crippen LogP contribution is 2.36. The Morgan fingerprint density at radius 2 is 2.00 bits per heavy atom. The quantitative estimate of drug-likeness (QED) is 0.867. The van der Waals surface area contributed by atoms with Crippen molar-refractivity contribution in [2.24, 2.45) is 0 Å². The van der Waals surface area contributed by atoms with Crippen molar-refractivity contribution in [3.05, 3.63) is 54.4 Å². The number of likely N-dealkylation sites (tertiary alicyclic amines) is 1. The largest absolute Gasteiger partial charge is 0.458 e. The molecule has 1 spiro atoms. The van der Waals surface area contributed by atoms with E-state index in [1.165, 1.54) is 5.56 Å². The molecule has 3 heterocycles. The van der Waals surface area contributed by atoms with Gasteiger partial charge in [-0.15, -0.1) is 0 Å². The summed E-state index contributed by atoms with van der Waals surface area (Å²) in [4.78, 5) is 10.7. The fourth-order valence-corrected chi connectivity index (χ4v) is 3.56. The van der Waals surface area contributed by atoms with Crippen LogP contribution in [-0.2, 0) is 11.3 Å². The van der Waals surface area contributed by atoms with E-state index < -0.39 is 0 Å². The van der Waals surface area contributed by atoms with Crippen molar-refractivity contribution in [2.75, 3.05) is 19.7 Å². The first-order valence-corrected chi connectivity index (χ1v) is 8.15. The average Bonchev–Trinajstić information content (AvgIpc) is 3.16. The predicted molar refractivity (Wildman–Crippen MR) is 86.1 cm³/mol. The van der Waals surface area contributed by atoms with Gasteiger partial charge in [0.05, 0.1) is 12.2 Å². The van der Waals surface area contributed by atoms with E-state index in [4.69, 9.17) is 9.47 Å². The molecule has 0 bridgehead atoms. The van der Waals surface area contributed by atoms with Crippen molar-refractivity contribution in [3.63, 3.8) is 0 Å². The second-order valence-electron chi connectivity index (χ2n) is 6.42. The number of aromatic nitrogens is 2. The van der Waals surface area contributed by atoms with Crippen LogP contribution < -0.4 is 4.74 Å². The highest BCUT2D eigenvalue weighted by Gasteiger charge is 2.46. The minimum Gasteiger partial charge on any atom is -0.458 e. The fraction of sp³-hybridized carbons (Fsp3) is 0.444. The van der Waals surface area contributed by atoms with E-state index in [1.54, 1.807) is 18.5 Å². The molecule has 4 rings (SSSR count). The minimum atomic E-state index is -0.0613. The van der Waals surface area contributed by atoms with Gasteiger partial charge in [-0.2, -0.15) is 0 Å². The molecule has 1 aromatic heterocycles. The Morgan fingerprint density at radius 3 is 2.83 bits per heavy atom. The lowest BCUT2D eigenvalue weighted by atomic mass is 9.98. The van der Waals surface area contributed by atoms with E-state index in [1.807, 2.05) is 0 Å². The first-order chi connectivity index (χ1) is 11.3. The molecule has 23 heavy (non-hydrogen) atoms. The van der Waals surface area contributed by atoms with E-state index >= 15 is 0 Å². The Labute approximate surface area is 136 Å². The molecule has 0 N–H and O–H groups in total. The highest BCUT2D eigenvalue weighted by molar-refractivity contribution is 5.15. The van der Waals surface area contributed by atoms with Crippen LogP contribution in [0.3, 0.4) is 0 Å². The van der Waals surface area contributed by atoms with Gasteiger partial charge in [-0.25, -0.2) is 9.97 Å². The van der Waals surface area contributed by atoms with Crippen molar-refractivity contribution in [3.8, 4) is 6.01 Å². The van der Waals surface area contributed by atoms with Crippen LogP contribution in [0.1, 0.15) is 18.4 Å². The second-order valence-corrected chi connectivity index (χ2v) is 6.42. The second kappa shape index (κ2) is 6.26. The minimum absolute atomic E-state index is 0.0501. The van der Waals surface area contributed by atoms with Crippen LogP contribution in [0.25, 0.3) is 0 Å². The monoisotopic (exact) mass is 311 g/mol. The zero-order chi connectivity index (χ0) is 15.5. The van der Waals surface area contributed by atoms with Gasteiger partial charge in [0, 0.05) is 38.4 Å². The summed E-state index contributed by atoms with van der Waals surface area (Å²) < 4.78 is 12.0. The van der Waals surface area contributed by atoms with Crippen LogP contribution in [0, 0.1) is 0 Å². The first-order valence-electron chi connectivity index (χ1n) is 8.15. The van der Waals surface area contributed by atoms with Crippen LogP contribution in [-0.4, -0.2) is 46.3 Å². The van der Waals surface area contributed by atoms with Gasteiger partial charge in [-0.05, 0) is 18.1 Å². The van der Waals surface area contributed by atoms with Gasteiger partial charge in [0.25, 0.3) is 0 Å². The summed E-state index contributed by atoms with van der Waals surface area (Å²) in [5.74, 6) is 0. The number of nitrogens with zero attached hydrogens (tertiary/aromatic N) is 3. The molecule has 2 aliphatic heterocycles. The van der Waals surface area contributed by atoms with Crippen molar-refractivity contribution >= 4 is 0 Å². The number of rotatable bonds is 4. The van der Waals surface area contributed by atoms with Gasteiger partial charge < -0.3 is 9.47 Å². The maximum Gasteiger partial charge on any atom is 0.316 e. The molecule has 2 atom stereocenters. The normalized spacial score (nSPS) is 27.6. The number of hydrogen-bond donors (Lipinski definition) is 0. The van der Waals surface area contributed by atoms with E-state index in [0.717, 1.165) is 32.5 Å². The SMILES string of the molecule is c1ccc(CN2CCC3(CC(Oc4ncccn4)CO3)C2)cc1.